The first-order valence-corrected chi connectivity index (χ1v) is 11.0. The SMILES string of the molecule is CCCCCCCCCCC(=O)N1CCN(CC=Cc2ccccc2)CC1. The van der Waals surface area contributed by atoms with E-state index in [-0.39, 0.29) is 0 Å². The van der Waals surface area contributed by atoms with Crippen LogP contribution in [0.15, 0.2) is 36.4 Å². The van der Waals surface area contributed by atoms with Gasteiger partial charge in [-0.25, -0.2) is 0 Å². The van der Waals surface area contributed by atoms with Gasteiger partial charge in [0.1, 0.15) is 0 Å². The van der Waals surface area contributed by atoms with Gasteiger partial charge in [0.25, 0.3) is 0 Å². The van der Waals surface area contributed by atoms with Gasteiger partial charge in [0.2, 0.25) is 5.91 Å². The van der Waals surface area contributed by atoms with Gasteiger partial charge in [0.15, 0.2) is 0 Å². The molecule has 0 bridgehead atoms. The Labute approximate surface area is 166 Å². The summed E-state index contributed by atoms with van der Waals surface area (Å²) in [5.41, 5.74) is 1.25. The van der Waals surface area contributed by atoms with Crippen LogP contribution in [0.4, 0.5) is 0 Å². The van der Waals surface area contributed by atoms with Gasteiger partial charge < -0.3 is 4.90 Å². The van der Waals surface area contributed by atoms with Crippen molar-refractivity contribution in [2.24, 2.45) is 0 Å². The highest BCUT2D eigenvalue weighted by molar-refractivity contribution is 5.76. The lowest BCUT2D eigenvalue weighted by molar-refractivity contribution is -0.133. The monoisotopic (exact) mass is 370 g/mol. The average Bonchev–Trinajstić information content (AvgIpc) is 2.71. The Hall–Kier alpha value is -1.61. The smallest absolute Gasteiger partial charge is 0.222 e. The molecule has 0 aliphatic carbocycles. The van der Waals surface area contributed by atoms with Crippen LogP contribution in [0, 0.1) is 0 Å². The molecule has 0 radical (unpaired) electrons. The fourth-order valence-electron chi connectivity index (χ4n) is 3.65. The van der Waals surface area contributed by atoms with E-state index in [1.54, 1.807) is 0 Å². The quantitative estimate of drug-likeness (QED) is 0.462. The first-order chi connectivity index (χ1) is 13.3. The molecular weight excluding hydrogens is 332 g/mol. The first-order valence-electron chi connectivity index (χ1n) is 11.0. The molecule has 0 spiro atoms. The van der Waals surface area contributed by atoms with E-state index in [9.17, 15) is 4.79 Å². The highest BCUT2D eigenvalue weighted by Gasteiger charge is 2.19. The van der Waals surface area contributed by atoms with E-state index in [0.717, 1.165) is 45.6 Å². The number of carbonyl (C=O) groups excluding carboxylic acids is 1. The molecule has 0 N–H and O–H groups in total. The van der Waals surface area contributed by atoms with Crippen LogP contribution in [0.5, 0.6) is 0 Å². The van der Waals surface area contributed by atoms with Gasteiger partial charge in [0.05, 0.1) is 0 Å². The molecule has 27 heavy (non-hydrogen) atoms. The third kappa shape index (κ3) is 9.23. The Morgan fingerprint density at radius 2 is 1.52 bits per heavy atom. The van der Waals surface area contributed by atoms with Gasteiger partial charge >= 0.3 is 0 Å². The van der Waals surface area contributed by atoms with E-state index in [4.69, 9.17) is 0 Å². The van der Waals surface area contributed by atoms with Gasteiger partial charge in [-0.2, -0.15) is 0 Å². The van der Waals surface area contributed by atoms with Crippen LogP contribution in [0.3, 0.4) is 0 Å². The van der Waals surface area contributed by atoms with Crippen molar-refractivity contribution in [3.05, 3.63) is 42.0 Å². The molecular formula is C24H38N2O. The normalized spacial score (nSPS) is 15.5. The summed E-state index contributed by atoms with van der Waals surface area (Å²) in [5, 5.41) is 0. The Morgan fingerprint density at radius 3 is 2.19 bits per heavy atom. The van der Waals surface area contributed by atoms with Gasteiger partial charge in [0, 0.05) is 39.1 Å². The summed E-state index contributed by atoms with van der Waals surface area (Å²) in [6.45, 7) is 6.97. The van der Waals surface area contributed by atoms with Crippen molar-refractivity contribution in [1.82, 2.24) is 9.80 Å². The van der Waals surface area contributed by atoms with Crippen molar-refractivity contribution in [1.29, 1.82) is 0 Å². The number of nitrogens with zero attached hydrogens (tertiary/aromatic N) is 2. The molecule has 1 heterocycles. The fourth-order valence-corrected chi connectivity index (χ4v) is 3.65. The molecule has 0 unspecified atom stereocenters. The van der Waals surface area contributed by atoms with Gasteiger partial charge in [-0.1, -0.05) is 94.4 Å². The van der Waals surface area contributed by atoms with E-state index in [2.05, 4.69) is 53.1 Å². The molecule has 1 aromatic rings. The van der Waals surface area contributed by atoms with Crippen LogP contribution in [0.25, 0.3) is 6.08 Å². The summed E-state index contributed by atoms with van der Waals surface area (Å²) in [6, 6.07) is 10.4. The molecule has 1 aliphatic rings. The van der Waals surface area contributed by atoms with E-state index >= 15 is 0 Å². The molecule has 1 fully saturated rings. The zero-order valence-electron chi connectivity index (χ0n) is 17.2. The molecule has 1 amide bonds. The second kappa shape index (κ2) is 13.5. The van der Waals surface area contributed by atoms with Gasteiger partial charge in [-0.05, 0) is 12.0 Å². The number of hydrogen-bond donors (Lipinski definition) is 0. The maximum atomic E-state index is 12.4. The second-order valence-electron chi connectivity index (χ2n) is 7.72. The van der Waals surface area contributed by atoms with E-state index in [1.165, 1.54) is 50.5 Å². The number of benzene rings is 1. The van der Waals surface area contributed by atoms with Crippen LogP contribution in [-0.2, 0) is 4.79 Å². The molecule has 1 aromatic carbocycles. The van der Waals surface area contributed by atoms with Crippen molar-refractivity contribution < 1.29 is 4.79 Å². The molecule has 0 saturated carbocycles. The lowest BCUT2D eigenvalue weighted by atomic mass is 10.1. The highest BCUT2D eigenvalue weighted by atomic mass is 16.2. The fraction of sp³-hybridized carbons (Fsp3) is 0.625. The maximum absolute atomic E-state index is 12.4. The Bertz CT molecular complexity index is 533. The maximum Gasteiger partial charge on any atom is 0.222 e. The minimum absolute atomic E-state index is 0.362. The molecule has 2 rings (SSSR count). The van der Waals surface area contributed by atoms with Crippen molar-refractivity contribution in [2.45, 2.75) is 64.7 Å². The van der Waals surface area contributed by atoms with Crippen molar-refractivity contribution in [3.63, 3.8) is 0 Å². The van der Waals surface area contributed by atoms with Crippen LogP contribution in [0.2, 0.25) is 0 Å². The zero-order valence-corrected chi connectivity index (χ0v) is 17.2. The van der Waals surface area contributed by atoms with Crippen LogP contribution < -0.4 is 0 Å². The third-order valence-corrected chi connectivity index (χ3v) is 5.44. The first kappa shape index (κ1) is 21.7. The van der Waals surface area contributed by atoms with Crippen molar-refractivity contribution in [3.8, 4) is 0 Å². The van der Waals surface area contributed by atoms with Crippen LogP contribution in [0.1, 0.15) is 70.3 Å². The molecule has 1 aliphatic heterocycles. The minimum Gasteiger partial charge on any atom is -0.340 e. The predicted molar refractivity (Wildman–Crippen MR) is 116 cm³/mol. The lowest BCUT2D eigenvalue weighted by Crippen LogP contribution is -2.48. The molecule has 150 valence electrons. The molecule has 0 atom stereocenters. The summed E-state index contributed by atoms with van der Waals surface area (Å²) < 4.78 is 0. The van der Waals surface area contributed by atoms with Gasteiger partial charge in [-0.15, -0.1) is 0 Å². The molecule has 3 heteroatoms. The molecule has 3 nitrogen and oxygen atoms in total. The largest absolute Gasteiger partial charge is 0.340 e. The Kier molecular flexibility index (Phi) is 10.9. The van der Waals surface area contributed by atoms with Crippen LogP contribution >= 0.6 is 0 Å². The number of unbranched alkanes of at least 4 members (excludes halogenated alkanes) is 7. The second-order valence-corrected chi connectivity index (χ2v) is 7.72. The van der Waals surface area contributed by atoms with Gasteiger partial charge in [-0.3, -0.25) is 9.69 Å². The lowest BCUT2D eigenvalue weighted by Gasteiger charge is -2.34. The van der Waals surface area contributed by atoms with Crippen molar-refractivity contribution in [2.75, 3.05) is 32.7 Å². The number of amides is 1. The molecule has 0 aromatic heterocycles. The Morgan fingerprint density at radius 1 is 0.889 bits per heavy atom. The summed E-state index contributed by atoms with van der Waals surface area (Å²) in [6.07, 6.45) is 15.5. The average molecular weight is 371 g/mol. The van der Waals surface area contributed by atoms with E-state index in [1.807, 2.05) is 6.07 Å². The number of carbonyl (C=O) groups is 1. The summed E-state index contributed by atoms with van der Waals surface area (Å²) in [5.74, 6) is 0.362. The minimum atomic E-state index is 0.362. The van der Waals surface area contributed by atoms with E-state index < -0.39 is 0 Å². The number of rotatable bonds is 12. The van der Waals surface area contributed by atoms with Crippen LogP contribution in [-0.4, -0.2) is 48.4 Å². The number of hydrogen-bond acceptors (Lipinski definition) is 2. The summed E-state index contributed by atoms with van der Waals surface area (Å²) >= 11 is 0. The predicted octanol–water partition coefficient (Wildman–Crippen LogP) is 5.37. The topological polar surface area (TPSA) is 23.6 Å². The Balaban J connectivity index is 1.52. The third-order valence-electron chi connectivity index (χ3n) is 5.44. The highest BCUT2D eigenvalue weighted by Crippen LogP contribution is 2.11. The van der Waals surface area contributed by atoms with Crippen molar-refractivity contribution >= 4 is 12.0 Å². The zero-order chi connectivity index (χ0) is 19.2. The summed E-state index contributed by atoms with van der Waals surface area (Å²) in [7, 11) is 0. The van der Waals surface area contributed by atoms with E-state index in [0.29, 0.717) is 5.91 Å². The number of piperazine rings is 1. The molecule has 1 saturated heterocycles. The summed E-state index contributed by atoms with van der Waals surface area (Å²) in [4.78, 5) is 16.9. The standard InChI is InChI=1S/C24H38N2O/c1-2-3-4-5-6-7-8-12-17-24(27)26-21-19-25(20-22-26)18-13-16-23-14-10-9-11-15-23/h9-11,13-16H,2-8,12,17-22H2,1H3.